The van der Waals surface area contributed by atoms with Crippen molar-refractivity contribution in [2.45, 2.75) is 6.42 Å². The first kappa shape index (κ1) is 34.3. The summed E-state index contributed by atoms with van der Waals surface area (Å²) in [5, 5.41) is 63.4. The van der Waals surface area contributed by atoms with E-state index in [1.165, 1.54) is 31.1 Å². The molecule has 21 nitrogen and oxygen atoms in total. The topological polar surface area (TPSA) is 254 Å². The maximum Gasteiger partial charge on any atom is 0.321 e. The Morgan fingerprint density at radius 2 is 1.54 bits per heavy atom. The van der Waals surface area contributed by atoms with E-state index in [4.69, 9.17) is 9.68 Å². The highest BCUT2D eigenvalue weighted by Crippen LogP contribution is 2.39. The summed E-state index contributed by atoms with van der Waals surface area (Å²) in [4.78, 5) is 57.4. The van der Waals surface area contributed by atoms with Crippen LogP contribution in [0, 0.1) is 36.5 Å². The van der Waals surface area contributed by atoms with Gasteiger partial charge in [0.1, 0.15) is 11.9 Å². The van der Waals surface area contributed by atoms with Crippen LogP contribution in [-0.2, 0) is 6.42 Å². The van der Waals surface area contributed by atoms with Crippen molar-refractivity contribution in [2.75, 3.05) is 40.3 Å². The number of rotatable bonds is 11. The van der Waals surface area contributed by atoms with Crippen molar-refractivity contribution in [1.29, 1.82) is 0 Å². The van der Waals surface area contributed by atoms with Gasteiger partial charge in [-0.05, 0) is 23.8 Å². The summed E-state index contributed by atoms with van der Waals surface area (Å²) in [6.45, 7) is -0.290. The molecule has 1 aliphatic heterocycles. The average Bonchev–Trinajstić information content (AvgIpc) is 3.10. The third kappa shape index (κ3) is 7.42. The Hall–Kier alpha value is -7.00. The molecule has 5 rings (SSSR count). The molecule has 0 saturated carbocycles. The number of carbonyl (C=O) groups is 1. The van der Waals surface area contributed by atoms with Crippen molar-refractivity contribution in [3.8, 4) is 11.5 Å². The number of benzene rings is 3. The number of carbonyl (C=O) groups excluding carboxylic acids is 1. The molecule has 0 bridgehead atoms. The minimum atomic E-state index is -1.02. The van der Waals surface area contributed by atoms with Crippen LogP contribution in [0.5, 0.6) is 11.5 Å². The largest absolute Gasteiger partial charge is 0.569 e. The third-order valence-electron chi connectivity index (χ3n) is 7.39. The Labute approximate surface area is 279 Å². The van der Waals surface area contributed by atoms with Crippen molar-refractivity contribution >= 4 is 28.1 Å². The predicted molar refractivity (Wildman–Crippen MR) is 166 cm³/mol. The summed E-state index contributed by atoms with van der Waals surface area (Å²) in [6, 6.07) is 12.1. The summed E-state index contributed by atoms with van der Waals surface area (Å²) in [6.07, 6.45) is 0.195. The molecule has 50 heavy (non-hydrogen) atoms. The van der Waals surface area contributed by atoms with Crippen LogP contribution in [-0.4, -0.2) is 91.1 Å². The minimum absolute atomic E-state index is 0.0357. The van der Waals surface area contributed by atoms with E-state index >= 15 is 0 Å². The average molecular weight is 696 g/mol. The van der Waals surface area contributed by atoms with E-state index < -0.39 is 44.4 Å². The number of H-pyrrole nitrogens is 1. The van der Waals surface area contributed by atoms with E-state index in [0.717, 1.165) is 16.1 Å². The molecule has 260 valence electrons. The SMILES string of the molecule is CN(C)/[N+]([O-])=N\Oc1cc(O/N=[N+](/[O-])N2CCN(C(=O)c3cc(Cc4n[nH]c(=O)c5ccccc45)ccc3F)CC2)c([N+](=O)[O-])cc1[N+](=O)[O-]. The van der Waals surface area contributed by atoms with E-state index in [9.17, 15) is 44.6 Å². The molecular formula is C28H26FN11O10. The second kappa shape index (κ2) is 14.4. The first-order chi connectivity index (χ1) is 23.8. The number of nitrogens with one attached hydrogen (secondary N) is 1. The van der Waals surface area contributed by atoms with Crippen molar-refractivity contribution in [2.24, 2.45) is 10.6 Å². The van der Waals surface area contributed by atoms with Crippen molar-refractivity contribution < 1.29 is 38.6 Å². The molecule has 22 heteroatoms. The number of nitrogens with zero attached hydrogens (tertiary/aromatic N) is 10. The number of hydrogen-bond donors (Lipinski definition) is 1. The molecule has 1 aromatic heterocycles. The Morgan fingerprint density at radius 1 is 0.920 bits per heavy atom. The number of aromatic amines is 1. The molecule has 0 spiro atoms. The number of halogens is 1. The molecule has 0 unspecified atom stereocenters. The number of hydrazine groups is 2. The van der Waals surface area contributed by atoms with Crippen LogP contribution in [0.15, 0.2) is 69.9 Å². The molecule has 0 aliphatic carbocycles. The van der Waals surface area contributed by atoms with Crippen LogP contribution in [0.4, 0.5) is 15.8 Å². The van der Waals surface area contributed by atoms with Crippen molar-refractivity contribution in [3.63, 3.8) is 0 Å². The van der Waals surface area contributed by atoms with Gasteiger partial charge in [0.15, 0.2) is 0 Å². The fourth-order valence-electron chi connectivity index (χ4n) is 4.84. The lowest BCUT2D eigenvalue weighted by Gasteiger charge is -2.31. The smallest absolute Gasteiger partial charge is 0.321 e. The lowest BCUT2D eigenvalue weighted by Crippen LogP contribution is -2.50. The summed E-state index contributed by atoms with van der Waals surface area (Å²) < 4.78 is 14.9. The van der Waals surface area contributed by atoms with Gasteiger partial charge >= 0.3 is 11.4 Å². The highest BCUT2D eigenvalue weighted by molar-refractivity contribution is 5.95. The molecule has 1 fully saturated rings. The fraction of sp³-hybridized carbons (Fsp3) is 0.250. The van der Waals surface area contributed by atoms with Crippen LogP contribution in [0.1, 0.15) is 21.6 Å². The molecule has 0 atom stereocenters. The van der Waals surface area contributed by atoms with Gasteiger partial charge in [-0.2, -0.15) is 10.1 Å². The Morgan fingerprint density at radius 3 is 2.16 bits per heavy atom. The van der Waals surface area contributed by atoms with Gasteiger partial charge in [-0.15, -0.1) is 5.01 Å². The van der Waals surface area contributed by atoms with Gasteiger partial charge in [0.25, 0.3) is 11.5 Å². The van der Waals surface area contributed by atoms with E-state index in [0.29, 0.717) is 34.2 Å². The Balaban J connectivity index is 1.27. The minimum Gasteiger partial charge on any atom is -0.569 e. The monoisotopic (exact) mass is 695 g/mol. The summed E-state index contributed by atoms with van der Waals surface area (Å²) in [7, 11) is 2.59. The zero-order valence-corrected chi connectivity index (χ0v) is 26.2. The van der Waals surface area contributed by atoms with Gasteiger partial charge in [-0.25, -0.2) is 9.49 Å². The number of nitro benzene ring substituents is 2. The van der Waals surface area contributed by atoms with Crippen LogP contribution in [0.3, 0.4) is 0 Å². The molecule has 1 aliphatic rings. The zero-order chi connectivity index (χ0) is 36.1. The second-order valence-corrected chi connectivity index (χ2v) is 10.8. The molecular weight excluding hydrogens is 669 g/mol. The number of piperazine rings is 1. The number of nitro groups is 2. The number of amides is 1. The quantitative estimate of drug-likeness (QED) is 0.103. The number of fused-ring (bicyclic) bond motifs is 1. The van der Waals surface area contributed by atoms with Gasteiger partial charge in [0.05, 0.1) is 63.6 Å². The van der Waals surface area contributed by atoms with E-state index in [1.807, 2.05) is 0 Å². The maximum atomic E-state index is 14.9. The molecule has 0 radical (unpaired) electrons. The van der Waals surface area contributed by atoms with E-state index in [1.54, 1.807) is 24.3 Å². The van der Waals surface area contributed by atoms with Crippen LogP contribution in [0.2, 0.25) is 0 Å². The van der Waals surface area contributed by atoms with Crippen LogP contribution < -0.4 is 15.2 Å². The van der Waals surface area contributed by atoms with Gasteiger partial charge in [-0.1, -0.05) is 24.3 Å². The number of aromatic nitrogens is 2. The standard InChI is InChI=1S/C28H26FN11O10/c1-34(2)39(47)32-49-25-16-26(24(38(45)46)15-23(25)37(43)44)50-33-40(48)36-11-9-35(10-12-36)28(42)20-13-17(7-8-21(20)29)14-22-18-5-3-4-6-19(18)27(41)31-30-22/h3-8,13,15-16H,9-12,14H2,1-2H3,(H,31,41)/b39-32+,40-33+. The predicted octanol–water partition coefficient (Wildman–Crippen LogP) is 2.83. The molecule has 1 N–H and O–H groups in total. The number of hydrogen-bond acceptors (Lipinski definition) is 13. The maximum absolute atomic E-state index is 14.9. The van der Waals surface area contributed by atoms with Gasteiger partial charge in [0.2, 0.25) is 22.1 Å². The van der Waals surface area contributed by atoms with Gasteiger partial charge in [0, 0.05) is 31.0 Å². The fourth-order valence-corrected chi connectivity index (χ4v) is 4.84. The summed E-state index contributed by atoms with van der Waals surface area (Å²) in [5.74, 6) is -2.88. The molecule has 1 amide bonds. The highest BCUT2D eigenvalue weighted by atomic mass is 19.1. The summed E-state index contributed by atoms with van der Waals surface area (Å²) >= 11 is 0. The third-order valence-corrected chi connectivity index (χ3v) is 7.39. The summed E-state index contributed by atoms with van der Waals surface area (Å²) in [5.41, 5.74) is -1.36. The molecule has 3 aromatic carbocycles. The second-order valence-electron chi connectivity index (χ2n) is 10.8. The van der Waals surface area contributed by atoms with E-state index in [2.05, 4.69) is 20.8 Å². The Kier molecular flexibility index (Phi) is 9.90. The Bertz CT molecular complexity index is 2100. The van der Waals surface area contributed by atoms with E-state index in [-0.39, 0.29) is 53.7 Å². The van der Waals surface area contributed by atoms with Crippen molar-refractivity contribution in [1.82, 2.24) is 25.1 Å². The van der Waals surface area contributed by atoms with Crippen molar-refractivity contribution in [3.05, 3.63) is 118 Å². The first-order valence-corrected chi connectivity index (χ1v) is 14.5. The van der Waals surface area contributed by atoms with Gasteiger partial charge < -0.3 is 15.3 Å². The van der Waals surface area contributed by atoms with Crippen LogP contribution >= 0.6 is 0 Å². The molecule has 2 heterocycles. The molecule has 4 aromatic rings. The lowest BCUT2D eigenvalue weighted by molar-refractivity contribution is -0.708. The lowest BCUT2D eigenvalue weighted by atomic mass is 10.0. The van der Waals surface area contributed by atoms with Gasteiger partial charge in [-0.3, -0.25) is 39.5 Å². The van der Waals surface area contributed by atoms with Crippen LogP contribution in [0.25, 0.3) is 10.8 Å². The molecule has 1 saturated heterocycles. The highest BCUT2D eigenvalue weighted by Gasteiger charge is 2.31. The zero-order valence-electron chi connectivity index (χ0n) is 26.2. The normalized spacial score (nSPS) is 13.7. The first-order valence-electron chi connectivity index (χ1n) is 14.5.